The van der Waals surface area contributed by atoms with Crippen molar-refractivity contribution in [1.29, 1.82) is 0 Å². The molecule has 1 aromatic carbocycles. The third-order valence-corrected chi connectivity index (χ3v) is 4.07. The van der Waals surface area contributed by atoms with Crippen LogP contribution >= 0.6 is 0 Å². The molecule has 1 unspecified atom stereocenters. The number of hydrogen-bond acceptors (Lipinski definition) is 5. The first-order valence-electron chi connectivity index (χ1n) is 7.45. The molecule has 116 valence electrons. The molecule has 22 heavy (non-hydrogen) atoms. The summed E-state index contributed by atoms with van der Waals surface area (Å²) in [6.45, 7) is 2.63. The Kier molecular flexibility index (Phi) is 3.38. The smallest absolute Gasteiger partial charge is 0.165 e. The van der Waals surface area contributed by atoms with Crippen LogP contribution in [0.25, 0.3) is 11.4 Å². The van der Waals surface area contributed by atoms with Crippen molar-refractivity contribution in [1.82, 2.24) is 9.55 Å². The number of benzene rings is 1. The first-order chi connectivity index (χ1) is 10.9. The van der Waals surface area contributed by atoms with E-state index >= 15 is 0 Å². The van der Waals surface area contributed by atoms with Crippen molar-refractivity contribution >= 4 is 0 Å². The van der Waals surface area contributed by atoms with E-state index in [1.807, 2.05) is 24.5 Å². The summed E-state index contributed by atoms with van der Waals surface area (Å²) in [6, 6.07) is 4.13. The molecule has 1 saturated heterocycles. The Labute approximate surface area is 128 Å². The second kappa shape index (κ2) is 5.53. The Morgan fingerprint density at radius 2 is 2.00 bits per heavy atom. The summed E-state index contributed by atoms with van der Waals surface area (Å²) in [6.07, 6.45) is 4.80. The van der Waals surface area contributed by atoms with Crippen molar-refractivity contribution in [2.24, 2.45) is 0 Å². The van der Waals surface area contributed by atoms with Crippen LogP contribution in [0.1, 0.15) is 12.5 Å². The minimum atomic E-state index is 0.315. The molecule has 2 aliphatic heterocycles. The van der Waals surface area contributed by atoms with Crippen LogP contribution in [0.3, 0.4) is 0 Å². The topological polar surface area (TPSA) is 54.7 Å². The molecular formula is C16H18N2O4. The van der Waals surface area contributed by atoms with Crippen LogP contribution in [0.15, 0.2) is 24.5 Å². The molecule has 6 heteroatoms. The molecule has 1 atom stereocenters. The van der Waals surface area contributed by atoms with Gasteiger partial charge in [0.15, 0.2) is 11.5 Å². The van der Waals surface area contributed by atoms with Crippen LogP contribution < -0.4 is 14.2 Å². The van der Waals surface area contributed by atoms with Crippen molar-refractivity contribution in [2.75, 3.05) is 33.5 Å². The van der Waals surface area contributed by atoms with E-state index < -0.39 is 0 Å². The molecule has 2 aromatic rings. The fourth-order valence-corrected chi connectivity index (χ4v) is 2.97. The summed E-state index contributed by atoms with van der Waals surface area (Å²) in [5, 5.41) is 0. The van der Waals surface area contributed by atoms with E-state index in [0.29, 0.717) is 25.0 Å². The molecule has 0 N–H and O–H groups in total. The number of nitrogens with zero attached hydrogens (tertiary/aromatic N) is 2. The molecule has 2 aliphatic rings. The van der Waals surface area contributed by atoms with Gasteiger partial charge in [-0.05, 0) is 12.5 Å². The summed E-state index contributed by atoms with van der Waals surface area (Å²) < 4.78 is 24.5. The minimum absolute atomic E-state index is 0.315. The molecule has 1 aromatic heterocycles. The normalized spacial score (nSPS) is 20.1. The summed E-state index contributed by atoms with van der Waals surface area (Å²) >= 11 is 0. The van der Waals surface area contributed by atoms with Crippen LogP contribution in [0.5, 0.6) is 17.2 Å². The molecule has 0 spiro atoms. The number of fused-ring (bicyclic) bond motifs is 1. The Balaban J connectivity index is 1.80. The zero-order valence-corrected chi connectivity index (χ0v) is 12.4. The lowest BCUT2D eigenvalue weighted by atomic mass is 10.1. The number of rotatable bonds is 3. The highest BCUT2D eigenvalue weighted by Crippen LogP contribution is 2.41. The van der Waals surface area contributed by atoms with E-state index in [1.165, 1.54) is 0 Å². The number of imidazole rings is 1. The second-order valence-corrected chi connectivity index (χ2v) is 5.37. The van der Waals surface area contributed by atoms with Crippen LogP contribution in [0.2, 0.25) is 0 Å². The van der Waals surface area contributed by atoms with E-state index in [2.05, 4.69) is 9.55 Å². The number of hydrogen-bond donors (Lipinski definition) is 0. The van der Waals surface area contributed by atoms with E-state index in [1.54, 1.807) is 7.11 Å². The predicted molar refractivity (Wildman–Crippen MR) is 79.7 cm³/mol. The maximum Gasteiger partial charge on any atom is 0.165 e. The van der Waals surface area contributed by atoms with Gasteiger partial charge in [-0.2, -0.15) is 0 Å². The average Bonchev–Trinajstić information content (AvgIpc) is 3.24. The fourth-order valence-electron chi connectivity index (χ4n) is 2.97. The minimum Gasteiger partial charge on any atom is -0.496 e. The van der Waals surface area contributed by atoms with Gasteiger partial charge in [-0.3, -0.25) is 0 Å². The molecular weight excluding hydrogens is 284 g/mol. The van der Waals surface area contributed by atoms with Gasteiger partial charge < -0.3 is 23.5 Å². The van der Waals surface area contributed by atoms with Crippen molar-refractivity contribution in [3.8, 4) is 28.6 Å². The molecule has 0 amide bonds. The van der Waals surface area contributed by atoms with Crippen molar-refractivity contribution in [3.05, 3.63) is 24.5 Å². The first kappa shape index (κ1) is 13.5. The number of methoxy groups -OCH3 is 1. The Bertz CT molecular complexity index is 677. The lowest BCUT2D eigenvalue weighted by Crippen LogP contribution is -2.16. The van der Waals surface area contributed by atoms with Gasteiger partial charge >= 0.3 is 0 Å². The summed E-state index contributed by atoms with van der Waals surface area (Å²) in [7, 11) is 1.65. The molecule has 0 bridgehead atoms. The van der Waals surface area contributed by atoms with E-state index in [9.17, 15) is 0 Å². The SMILES string of the molecule is COc1cc2c(cc1-c1nccn1C1CCOC1)OCCO2. The molecule has 0 saturated carbocycles. The maximum atomic E-state index is 5.68. The zero-order chi connectivity index (χ0) is 14.9. The van der Waals surface area contributed by atoms with E-state index in [0.717, 1.165) is 42.5 Å². The Hall–Kier alpha value is -2.21. The van der Waals surface area contributed by atoms with Crippen LogP contribution in [0.4, 0.5) is 0 Å². The van der Waals surface area contributed by atoms with Gasteiger partial charge in [0.2, 0.25) is 0 Å². The quantitative estimate of drug-likeness (QED) is 0.870. The van der Waals surface area contributed by atoms with E-state index in [-0.39, 0.29) is 0 Å². The maximum absolute atomic E-state index is 5.68. The molecule has 1 fully saturated rings. The summed E-state index contributed by atoms with van der Waals surface area (Å²) in [5.41, 5.74) is 0.906. The Morgan fingerprint density at radius 3 is 2.73 bits per heavy atom. The molecule has 0 radical (unpaired) electrons. The molecule has 4 rings (SSSR count). The van der Waals surface area contributed by atoms with Gasteiger partial charge in [-0.25, -0.2) is 4.98 Å². The third-order valence-electron chi connectivity index (χ3n) is 4.07. The van der Waals surface area contributed by atoms with Crippen molar-refractivity contribution in [3.63, 3.8) is 0 Å². The van der Waals surface area contributed by atoms with Gasteiger partial charge in [-0.1, -0.05) is 0 Å². The number of aromatic nitrogens is 2. The Morgan fingerprint density at radius 1 is 1.18 bits per heavy atom. The van der Waals surface area contributed by atoms with Crippen molar-refractivity contribution < 1.29 is 18.9 Å². The van der Waals surface area contributed by atoms with E-state index in [4.69, 9.17) is 18.9 Å². The van der Waals surface area contributed by atoms with Crippen molar-refractivity contribution in [2.45, 2.75) is 12.5 Å². The van der Waals surface area contributed by atoms with Gasteiger partial charge in [-0.15, -0.1) is 0 Å². The van der Waals surface area contributed by atoms with Gasteiger partial charge in [0, 0.05) is 25.1 Å². The molecule has 6 nitrogen and oxygen atoms in total. The average molecular weight is 302 g/mol. The summed E-state index contributed by atoms with van der Waals surface area (Å²) in [5.74, 6) is 3.05. The van der Waals surface area contributed by atoms with Crippen LogP contribution in [-0.4, -0.2) is 43.1 Å². The predicted octanol–water partition coefficient (Wildman–Crippen LogP) is 2.29. The monoisotopic (exact) mass is 302 g/mol. The molecule has 3 heterocycles. The van der Waals surface area contributed by atoms with Crippen LogP contribution in [0, 0.1) is 0 Å². The highest BCUT2D eigenvalue weighted by Gasteiger charge is 2.24. The highest BCUT2D eigenvalue weighted by molar-refractivity contribution is 5.70. The zero-order valence-electron chi connectivity index (χ0n) is 12.4. The van der Waals surface area contributed by atoms with Gasteiger partial charge in [0.25, 0.3) is 0 Å². The lowest BCUT2D eigenvalue weighted by molar-refractivity contribution is 0.171. The second-order valence-electron chi connectivity index (χ2n) is 5.37. The van der Waals surface area contributed by atoms with Gasteiger partial charge in [0.05, 0.1) is 25.3 Å². The fraction of sp³-hybridized carbons (Fsp3) is 0.438. The third kappa shape index (κ3) is 2.20. The summed E-state index contributed by atoms with van der Waals surface area (Å²) in [4.78, 5) is 4.52. The first-order valence-corrected chi connectivity index (χ1v) is 7.45. The largest absolute Gasteiger partial charge is 0.496 e. The van der Waals surface area contributed by atoms with Gasteiger partial charge in [0.1, 0.15) is 24.8 Å². The number of ether oxygens (including phenoxy) is 4. The lowest BCUT2D eigenvalue weighted by Gasteiger charge is -2.21. The standard InChI is InChI=1S/C16H18N2O4/c1-19-13-9-15-14(21-6-7-22-15)8-12(13)16-17-3-4-18(16)11-2-5-20-10-11/h3-4,8-9,11H,2,5-7,10H2,1H3. The highest BCUT2D eigenvalue weighted by atomic mass is 16.6. The van der Waals surface area contributed by atoms with Crippen LogP contribution in [-0.2, 0) is 4.74 Å². The molecule has 0 aliphatic carbocycles.